The van der Waals surface area contributed by atoms with Gasteiger partial charge < -0.3 is 9.64 Å². The molecule has 1 saturated heterocycles. The minimum absolute atomic E-state index is 0.0452. The Labute approximate surface area is 153 Å². The molecule has 0 radical (unpaired) electrons. The molecule has 1 unspecified atom stereocenters. The smallest absolute Gasteiger partial charge is 0.283 e. The van der Waals surface area contributed by atoms with E-state index in [1.165, 1.54) is 17.7 Å². The Bertz CT molecular complexity index is 928. The van der Waals surface area contributed by atoms with Crippen LogP contribution < -0.4 is 4.74 Å². The van der Waals surface area contributed by atoms with Gasteiger partial charge in [0.15, 0.2) is 5.01 Å². The van der Waals surface area contributed by atoms with Gasteiger partial charge in [0.1, 0.15) is 12.4 Å². The molecule has 3 aromatic rings. The van der Waals surface area contributed by atoms with Crippen LogP contribution in [-0.2, 0) is 6.42 Å². The Morgan fingerprint density at radius 3 is 3.04 bits per heavy atom. The van der Waals surface area contributed by atoms with Crippen LogP contribution in [0.4, 0.5) is 4.39 Å². The number of halogens is 1. The molecule has 4 rings (SSSR count). The molecule has 0 bridgehead atoms. The largest absolute Gasteiger partial charge is 0.470 e. The third kappa shape index (κ3) is 3.12. The van der Waals surface area contributed by atoms with Gasteiger partial charge >= 0.3 is 0 Å². The highest BCUT2D eigenvalue weighted by Crippen LogP contribution is 2.25. The predicted molar refractivity (Wildman–Crippen MR) is 95.9 cm³/mol. The number of para-hydroxylation sites is 1. The first-order chi connectivity index (χ1) is 12.7. The van der Waals surface area contributed by atoms with Crippen molar-refractivity contribution < 1.29 is 13.9 Å². The summed E-state index contributed by atoms with van der Waals surface area (Å²) < 4.78 is 20.9. The lowest BCUT2D eigenvalue weighted by atomic mass is 10.3. The fourth-order valence-corrected chi connectivity index (χ4v) is 3.92. The molecule has 0 spiro atoms. The minimum atomic E-state index is -0.522. The van der Waals surface area contributed by atoms with Gasteiger partial charge in [-0.25, -0.2) is 9.97 Å². The SMILES string of the molecule is CCc1ncnc(OC2CCN(C(=O)c3nc4ccccc4s3)C2)c1F. The van der Waals surface area contributed by atoms with Crippen LogP contribution in [0.15, 0.2) is 30.6 Å². The average Bonchev–Trinajstić information content (AvgIpc) is 3.29. The van der Waals surface area contributed by atoms with Crippen molar-refractivity contribution in [2.24, 2.45) is 0 Å². The van der Waals surface area contributed by atoms with Gasteiger partial charge in [0, 0.05) is 13.0 Å². The maximum absolute atomic E-state index is 14.2. The fraction of sp³-hybridized carbons (Fsp3) is 0.333. The Morgan fingerprint density at radius 1 is 1.38 bits per heavy atom. The van der Waals surface area contributed by atoms with Crippen molar-refractivity contribution in [1.82, 2.24) is 19.9 Å². The van der Waals surface area contributed by atoms with Crippen molar-refractivity contribution in [2.45, 2.75) is 25.9 Å². The third-order valence-corrected chi connectivity index (χ3v) is 5.38. The lowest BCUT2D eigenvalue weighted by Crippen LogP contribution is -2.31. The van der Waals surface area contributed by atoms with E-state index < -0.39 is 5.82 Å². The van der Waals surface area contributed by atoms with Gasteiger partial charge in [0.05, 0.1) is 22.5 Å². The molecule has 2 aromatic heterocycles. The number of carbonyl (C=O) groups excluding carboxylic acids is 1. The number of benzene rings is 1. The first-order valence-corrected chi connectivity index (χ1v) is 9.28. The van der Waals surface area contributed by atoms with Crippen LogP contribution in [-0.4, -0.2) is 45.0 Å². The third-order valence-electron chi connectivity index (χ3n) is 4.35. The maximum atomic E-state index is 14.2. The summed E-state index contributed by atoms with van der Waals surface area (Å²) in [5.74, 6) is -0.684. The van der Waals surface area contributed by atoms with Gasteiger partial charge in [-0.15, -0.1) is 11.3 Å². The molecule has 3 heterocycles. The maximum Gasteiger partial charge on any atom is 0.283 e. The number of aryl methyl sites for hydroxylation is 1. The van der Waals surface area contributed by atoms with Crippen LogP contribution in [0.25, 0.3) is 10.2 Å². The van der Waals surface area contributed by atoms with Gasteiger partial charge in [0.25, 0.3) is 11.8 Å². The molecular weight excluding hydrogens is 355 g/mol. The molecule has 0 aliphatic carbocycles. The summed E-state index contributed by atoms with van der Waals surface area (Å²) in [6, 6.07) is 7.66. The summed E-state index contributed by atoms with van der Waals surface area (Å²) in [7, 11) is 0. The van der Waals surface area contributed by atoms with Crippen molar-refractivity contribution >= 4 is 27.5 Å². The first kappa shape index (κ1) is 16.8. The topological polar surface area (TPSA) is 68.2 Å². The Hall–Kier alpha value is -2.61. The standard InChI is InChI=1S/C18H17FN4O2S/c1-2-12-15(19)16(21-10-20-12)25-11-7-8-23(9-11)18(24)17-22-13-5-3-4-6-14(13)26-17/h3-6,10-11H,2,7-9H2,1H3. The van der Waals surface area contributed by atoms with Gasteiger partial charge in [-0.3, -0.25) is 4.79 Å². The van der Waals surface area contributed by atoms with Gasteiger partial charge in [-0.05, 0) is 18.6 Å². The van der Waals surface area contributed by atoms with Crippen molar-refractivity contribution in [3.8, 4) is 5.88 Å². The number of ether oxygens (including phenoxy) is 1. The van der Waals surface area contributed by atoms with Crippen LogP contribution in [0.5, 0.6) is 5.88 Å². The first-order valence-electron chi connectivity index (χ1n) is 8.46. The Morgan fingerprint density at radius 2 is 2.23 bits per heavy atom. The van der Waals surface area contributed by atoms with E-state index in [0.29, 0.717) is 36.6 Å². The van der Waals surface area contributed by atoms with E-state index in [9.17, 15) is 9.18 Å². The number of likely N-dealkylation sites (tertiary alicyclic amines) is 1. The fourth-order valence-electron chi connectivity index (χ4n) is 2.98. The van der Waals surface area contributed by atoms with Crippen LogP contribution in [0.1, 0.15) is 28.8 Å². The van der Waals surface area contributed by atoms with Gasteiger partial charge in [-0.1, -0.05) is 19.1 Å². The molecule has 0 N–H and O–H groups in total. The lowest BCUT2D eigenvalue weighted by molar-refractivity contribution is 0.0769. The highest BCUT2D eigenvalue weighted by molar-refractivity contribution is 7.20. The summed E-state index contributed by atoms with van der Waals surface area (Å²) in [6.45, 7) is 2.76. The lowest BCUT2D eigenvalue weighted by Gasteiger charge is -2.16. The monoisotopic (exact) mass is 372 g/mol. The number of rotatable bonds is 4. The predicted octanol–water partition coefficient (Wildman–Crippen LogP) is 3.08. The number of hydrogen-bond acceptors (Lipinski definition) is 6. The van der Waals surface area contributed by atoms with Gasteiger partial charge in [0.2, 0.25) is 5.82 Å². The van der Waals surface area contributed by atoms with Crippen molar-refractivity contribution in [1.29, 1.82) is 0 Å². The van der Waals surface area contributed by atoms with Crippen LogP contribution in [0.3, 0.4) is 0 Å². The van der Waals surface area contributed by atoms with E-state index in [0.717, 1.165) is 10.2 Å². The number of fused-ring (bicyclic) bond motifs is 1. The molecule has 26 heavy (non-hydrogen) atoms. The second-order valence-corrected chi connectivity index (χ2v) is 7.09. The zero-order valence-corrected chi connectivity index (χ0v) is 15.0. The summed E-state index contributed by atoms with van der Waals surface area (Å²) in [4.78, 5) is 26.6. The van der Waals surface area contributed by atoms with E-state index in [-0.39, 0.29) is 17.9 Å². The summed E-state index contributed by atoms with van der Waals surface area (Å²) in [6.07, 6.45) is 2.11. The second kappa shape index (κ2) is 6.95. The van der Waals surface area contributed by atoms with Crippen LogP contribution >= 0.6 is 11.3 Å². The number of amides is 1. The van der Waals surface area contributed by atoms with E-state index in [2.05, 4.69) is 15.0 Å². The Balaban J connectivity index is 1.45. The number of thiazole rings is 1. The van der Waals surface area contributed by atoms with Crippen molar-refractivity contribution in [3.05, 3.63) is 47.1 Å². The molecule has 134 valence electrons. The van der Waals surface area contributed by atoms with Crippen molar-refractivity contribution in [2.75, 3.05) is 13.1 Å². The number of aromatic nitrogens is 3. The highest BCUT2D eigenvalue weighted by Gasteiger charge is 2.31. The van der Waals surface area contributed by atoms with E-state index in [1.54, 1.807) is 4.90 Å². The number of carbonyl (C=O) groups is 1. The summed E-state index contributed by atoms with van der Waals surface area (Å²) in [5.41, 5.74) is 1.15. The summed E-state index contributed by atoms with van der Waals surface area (Å²) >= 11 is 1.38. The molecular formula is C18H17FN4O2S. The molecule has 1 aliphatic heterocycles. The summed E-state index contributed by atoms with van der Waals surface area (Å²) in [5, 5.41) is 0.466. The van der Waals surface area contributed by atoms with Crippen LogP contribution in [0.2, 0.25) is 0 Å². The highest BCUT2D eigenvalue weighted by atomic mass is 32.1. The quantitative estimate of drug-likeness (QED) is 0.704. The van der Waals surface area contributed by atoms with E-state index in [4.69, 9.17) is 4.74 Å². The molecule has 1 atom stereocenters. The van der Waals surface area contributed by atoms with Crippen LogP contribution in [0, 0.1) is 5.82 Å². The minimum Gasteiger partial charge on any atom is -0.470 e. The van der Waals surface area contributed by atoms with Crippen molar-refractivity contribution in [3.63, 3.8) is 0 Å². The normalized spacial score (nSPS) is 17.0. The molecule has 1 aromatic carbocycles. The zero-order chi connectivity index (χ0) is 18.1. The Kier molecular flexibility index (Phi) is 4.50. The van der Waals surface area contributed by atoms with E-state index >= 15 is 0 Å². The second-order valence-electron chi connectivity index (χ2n) is 6.06. The number of nitrogens with zero attached hydrogens (tertiary/aromatic N) is 4. The molecule has 6 nitrogen and oxygen atoms in total. The van der Waals surface area contributed by atoms with Gasteiger partial charge in [-0.2, -0.15) is 9.37 Å². The zero-order valence-electron chi connectivity index (χ0n) is 14.2. The molecule has 1 fully saturated rings. The average molecular weight is 372 g/mol. The molecule has 0 saturated carbocycles. The number of hydrogen-bond donors (Lipinski definition) is 0. The molecule has 8 heteroatoms. The molecule has 1 amide bonds. The van der Waals surface area contributed by atoms with E-state index in [1.807, 2.05) is 31.2 Å². The molecule has 1 aliphatic rings.